The number of nitrogens with one attached hydrogen (secondary N) is 1. The van der Waals surface area contributed by atoms with Crippen LogP contribution in [-0.2, 0) is 6.54 Å². The second kappa shape index (κ2) is 7.12. The summed E-state index contributed by atoms with van der Waals surface area (Å²) in [6.07, 6.45) is 1.51. The molecule has 7 nitrogen and oxygen atoms in total. The van der Waals surface area contributed by atoms with E-state index < -0.39 is 0 Å². The summed E-state index contributed by atoms with van der Waals surface area (Å²) >= 11 is 0. The van der Waals surface area contributed by atoms with Gasteiger partial charge in [0.1, 0.15) is 17.1 Å². The summed E-state index contributed by atoms with van der Waals surface area (Å²) in [4.78, 5) is 12.6. The molecule has 25 heavy (non-hydrogen) atoms. The molecular weight excluding hydrogens is 324 g/mol. The predicted molar refractivity (Wildman–Crippen MR) is 89.7 cm³/mol. The molecule has 0 unspecified atom stereocenters. The van der Waals surface area contributed by atoms with Gasteiger partial charge >= 0.3 is 0 Å². The van der Waals surface area contributed by atoms with Crippen LogP contribution in [0, 0.1) is 6.92 Å². The highest BCUT2D eigenvalue weighted by Crippen LogP contribution is 2.27. The van der Waals surface area contributed by atoms with E-state index in [2.05, 4.69) is 10.5 Å². The maximum Gasteiger partial charge on any atom is 0.257 e. The molecule has 0 aliphatic rings. The van der Waals surface area contributed by atoms with Gasteiger partial charge in [0.15, 0.2) is 5.76 Å². The number of methoxy groups -OCH3 is 2. The maximum atomic E-state index is 12.6. The second-order valence-electron chi connectivity index (χ2n) is 5.35. The van der Waals surface area contributed by atoms with E-state index in [4.69, 9.17) is 18.4 Å². The maximum absolute atomic E-state index is 12.6. The van der Waals surface area contributed by atoms with Crippen LogP contribution in [0.25, 0.3) is 11.5 Å². The third-order valence-electron chi connectivity index (χ3n) is 3.70. The zero-order valence-corrected chi connectivity index (χ0v) is 14.2. The van der Waals surface area contributed by atoms with Crippen molar-refractivity contribution < 1.29 is 23.2 Å². The first-order chi connectivity index (χ1) is 12.1. The summed E-state index contributed by atoms with van der Waals surface area (Å²) < 4.78 is 21.0. The number of carbonyl (C=O) groups excluding carboxylic acids is 1. The molecule has 3 aromatic rings. The fourth-order valence-electron chi connectivity index (χ4n) is 2.45. The Balaban J connectivity index is 1.79. The molecular formula is C18H18N2O5. The summed E-state index contributed by atoms with van der Waals surface area (Å²) in [7, 11) is 3.15. The number of hydrogen-bond acceptors (Lipinski definition) is 6. The van der Waals surface area contributed by atoms with Crippen molar-refractivity contribution in [3.05, 3.63) is 53.4 Å². The Labute approximate surface area is 144 Å². The Morgan fingerprint density at radius 2 is 1.92 bits per heavy atom. The number of furan rings is 1. The molecule has 0 aliphatic carbocycles. The lowest BCUT2D eigenvalue weighted by Crippen LogP contribution is -2.23. The minimum Gasteiger partial charge on any atom is -0.497 e. The van der Waals surface area contributed by atoms with Gasteiger partial charge in [0, 0.05) is 12.6 Å². The zero-order valence-electron chi connectivity index (χ0n) is 14.2. The average Bonchev–Trinajstić information content (AvgIpc) is 3.28. The Morgan fingerprint density at radius 3 is 2.52 bits per heavy atom. The number of aryl methyl sites for hydroxylation is 1. The number of carbonyl (C=O) groups is 1. The minimum absolute atomic E-state index is 0.299. The van der Waals surface area contributed by atoms with E-state index in [1.807, 2.05) is 12.1 Å². The van der Waals surface area contributed by atoms with Gasteiger partial charge in [-0.2, -0.15) is 0 Å². The first-order valence-electron chi connectivity index (χ1n) is 7.62. The van der Waals surface area contributed by atoms with Crippen LogP contribution in [0.5, 0.6) is 11.5 Å². The molecule has 2 heterocycles. The number of aromatic nitrogens is 1. The Hall–Kier alpha value is -3.22. The van der Waals surface area contributed by atoms with Crippen LogP contribution in [-0.4, -0.2) is 25.3 Å². The molecule has 7 heteroatoms. The number of ether oxygens (including phenoxy) is 2. The van der Waals surface area contributed by atoms with Crippen molar-refractivity contribution in [1.29, 1.82) is 0 Å². The lowest BCUT2D eigenvalue weighted by atomic mass is 10.1. The first kappa shape index (κ1) is 16.6. The number of nitrogens with zero attached hydrogens (tertiary/aromatic N) is 1. The third-order valence-corrected chi connectivity index (χ3v) is 3.70. The normalized spacial score (nSPS) is 10.5. The highest BCUT2D eigenvalue weighted by atomic mass is 16.5. The van der Waals surface area contributed by atoms with Crippen LogP contribution in [0.4, 0.5) is 0 Å². The molecule has 0 bridgehead atoms. The van der Waals surface area contributed by atoms with Gasteiger partial charge in [-0.3, -0.25) is 4.79 Å². The molecule has 0 radical (unpaired) electrons. The van der Waals surface area contributed by atoms with Crippen molar-refractivity contribution in [2.24, 2.45) is 0 Å². The van der Waals surface area contributed by atoms with E-state index in [1.54, 1.807) is 39.3 Å². The van der Waals surface area contributed by atoms with Crippen molar-refractivity contribution in [3.8, 4) is 23.0 Å². The standard InChI is InChI=1S/C18H18N2O5/c1-11-16(17(25-20-11)15-5-4-6-24-15)18(21)19-10-12-7-13(22-2)9-14(8-12)23-3/h4-9H,10H2,1-3H3,(H,19,21). The van der Waals surface area contributed by atoms with Crippen LogP contribution in [0.1, 0.15) is 21.6 Å². The van der Waals surface area contributed by atoms with E-state index in [1.165, 1.54) is 6.26 Å². The van der Waals surface area contributed by atoms with Gasteiger partial charge in [0.25, 0.3) is 5.91 Å². The van der Waals surface area contributed by atoms with Gasteiger partial charge in [0.05, 0.1) is 26.2 Å². The highest BCUT2D eigenvalue weighted by Gasteiger charge is 2.23. The van der Waals surface area contributed by atoms with Gasteiger partial charge in [0.2, 0.25) is 5.76 Å². The number of hydrogen-bond donors (Lipinski definition) is 1. The van der Waals surface area contributed by atoms with E-state index in [-0.39, 0.29) is 5.91 Å². The summed E-state index contributed by atoms with van der Waals surface area (Å²) in [6, 6.07) is 8.86. The fourth-order valence-corrected chi connectivity index (χ4v) is 2.45. The topological polar surface area (TPSA) is 86.7 Å². The molecule has 1 amide bonds. The molecule has 0 saturated heterocycles. The quantitative estimate of drug-likeness (QED) is 0.740. The summed E-state index contributed by atoms with van der Waals surface area (Å²) in [6.45, 7) is 2.01. The summed E-state index contributed by atoms with van der Waals surface area (Å²) in [5.74, 6) is 1.77. The fraction of sp³-hybridized carbons (Fsp3) is 0.222. The molecule has 0 atom stereocenters. The van der Waals surface area contributed by atoms with Gasteiger partial charge < -0.3 is 23.7 Å². The molecule has 2 aromatic heterocycles. The Kier molecular flexibility index (Phi) is 4.74. The van der Waals surface area contributed by atoms with Crippen LogP contribution in [0.2, 0.25) is 0 Å². The lowest BCUT2D eigenvalue weighted by molar-refractivity contribution is 0.0950. The number of rotatable bonds is 6. The van der Waals surface area contributed by atoms with Crippen LogP contribution >= 0.6 is 0 Å². The molecule has 0 fully saturated rings. The largest absolute Gasteiger partial charge is 0.497 e. The molecule has 0 saturated carbocycles. The molecule has 0 spiro atoms. The highest BCUT2D eigenvalue weighted by molar-refractivity contribution is 6.00. The minimum atomic E-state index is -0.299. The number of amides is 1. The van der Waals surface area contributed by atoms with Crippen molar-refractivity contribution in [1.82, 2.24) is 10.5 Å². The predicted octanol–water partition coefficient (Wildman–Crippen LogP) is 3.19. The van der Waals surface area contributed by atoms with Crippen molar-refractivity contribution in [2.45, 2.75) is 13.5 Å². The van der Waals surface area contributed by atoms with Crippen molar-refractivity contribution in [3.63, 3.8) is 0 Å². The van der Waals surface area contributed by atoms with Gasteiger partial charge in [-0.05, 0) is 36.8 Å². The second-order valence-corrected chi connectivity index (χ2v) is 5.35. The van der Waals surface area contributed by atoms with E-state index in [0.29, 0.717) is 40.8 Å². The monoisotopic (exact) mass is 342 g/mol. The van der Waals surface area contributed by atoms with Gasteiger partial charge in [-0.15, -0.1) is 0 Å². The summed E-state index contributed by atoms with van der Waals surface area (Å²) in [5.41, 5.74) is 1.69. The summed E-state index contributed by atoms with van der Waals surface area (Å²) in [5, 5.41) is 6.72. The SMILES string of the molecule is COc1cc(CNC(=O)c2c(C)noc2-c2ccco2)cc(OC)c1. The van der Waals surface area contributed by atoms with E-state index in [0.717, 1.165) is 5.56 Å². The van der Waals surface area contributed by atoms with Crippen molar-refractivity contribution in [2.75, 3.05) is 14.2 Å². The first-order valence-corrected chi connectivity index (χ1v) is 7.62. The number of benzene rings is 1. The van der Waals surface area contributed by atoms with Crippen LogP contribution in [0.3, 0.4) is 0 Å². The Bertz CT molecular complexity index is 845. The third kappa shape index (κ3) is 3.50. The Morgan fingerprint density at radius 1 is 1.20 bits per heavy atom. The van der Waals surface area contributed by atoms with Gasteiger partial charge in [-0.1, -0.05) is 5.16 Å². The zero-order chi connectivity index (χ0) is 17.8. The van der Waals surface area contributed by atoms with E-state index in [9.17, 15) is 4.79 Å². The van der Waals surface area contributed by atoms with Crippen molar-refractivity contribution >= 4 is 5.91 Å². The van der Waals surface area contributed by atoms with Crippen LogP contribution in [0.15, 0.2) is 45.5 Å². The molecule has 1 N–H and O–H groups in total. The molecule has 0 aliphatic heterocycles. The smallest absolute Gasteiger partial charge is 0.257 e. The van der Waals surface area contributed by atoms with Gasteiger partial charge in [-0.25, -0.2) is 0 Å². The molecule has 3 rings (SSSR count). The molecule has 130 valence electrons. The van der Waals surface area contributed by atoms with E-state index >= 15 is 0 Å². The van der Waals surface area contributed by atoms with Crippen LogP contribution < -0.4 is 14.8 Å². The lowest BCUT2D eigenvalue weighted by Gasteiger charge is -2.09. The molecule has 1 aromatic carbocycles. The average molecular weight is 342 g/mol.